The Morgan fingerprint density at radius 2 is 1.03 bits per heavy atom. The summed E-state index contributed by atoms with van der Waals surface area (Å²) in [5.74, 6) is 0. The summed E-state index contributed by atoms with van der Waals surface area (Å²) in [7, 11) is 0. The van der Waals surface area contributed by atoms with Crippen LogP contribution in [0.4, 0.5) is 11.4 Å². The average Bonchev–Trinajstić information content (AvgIpc) is 2.66. The van der Waals surface area contributed by atoms with Crippen molar-refractivity contribution in [3.8, 4) is 0 Å². The van der Waals surface area contributed by atoms with E-state index < -0.39 is 0 Å². The van der Waals surface area contributed by atoms with Crippen LogP contribution in [0.3, 0.4) is 0 Å². The number of aryl methyl sites for hydroxylation is 2. The van der Waals surface area contributed by atoms with Crippen LogP contribution in [0, 0.1) is 0 Å². The molecule has 0 unspecified atom stereocenters. The van der Waals surface area contributed by atoms with Crippen molar-refractivity contribution in [3.05, 3.63) is 59.7 Å². The number of thiocarbonyl (C=S) groups is 2. The molecule has 2 aromatic rings. The third kappa shape index (κ3) is 16.3. The molecule has 0 aliphatic heterocycles. The molecule has 0 aliphatic rings. The molecule has 0 fully saturated rings. The van der Waals surface area contributed by atoms with Gasteiger partial charge < -0.3 is 87.3 Å². The maximum atomic E-state index is 4.85. The molecule has 0 amide bonds. The molecule has 0 aromatic heterocycles. The van der Waals surface area contributed by atoms with Crippen LogP contribution in [0.15, 0.2) is 48.5 Å². The number of rotatable bonds is 8. The van der Waals surface area contributed by atoms with Gasteiger partial charge >= 0.3 is 21.1 Å². The van der Waals surface area contributed by atoms with Gasteiger partial charge in [-0.1, -0.05) is 71.7 Å². The Labute approximate surface area is 238 Å². The van der Waals surface area contributed by atoms with Gasteiger partial charge in [0.05, 0.1) is 0 Å². The first-order valence-corrected chi connectivity index (χ1v) is 11.2. The quantitative estimate of drug-likeness (QED) is 0.201. The number of hydrogen-bond donors (Lipinski definition) is 2. The minimum absolute atomic E-state index is 0. The maximum Gasteiger partial charge on any atom is 6.00 e. The number of para-hydroxylation sites is 2. The normalized spacial score (nSPS) is 8.84. The van der Waals surface area contributed by atoms with Crippen LogP contribution >= 0.6 is 24.4 Å². The predicted octanol–water partition coefficient (Wildman–Crippen LogP) is 6.54. The van der Waals surface area contributed by atoms with Gasteiger partial charge in [0.1, 0.15) is 0 Å². The largest absolute Gasteiger partial charge is 6.00 e. The molecule has 2 rings (SSSR count). The summed E-state index contributed by atoms with van der Waals surface area (Å²) in [6.45, 7) is 4.38. The Bertz CT molecular complexity index is 695. The summed E-state index contributed by atoms with van der Waals surface area (Å²) in [5.41, 5.74) is 4.70. The summed E-state index contributed by atoms with van der Waals surface area (Å²) < 4.78 is 0.822. The Kier molecular flexibility index (Phi) is 25.1. The third-order valence-corrected chi connectivity index (χ3v) is 4.52. The fourth-order valence-electron chi connectivity index (χ4n) is 2.67. The monoisotopic (exact) mass is 610 g/mol. The smallest absolute Gasteiger partial charge is 2.00 e. The zero-order chi connectivity index (χ0) is 20.8. The fourth-order valence-corrected chi connectivity index (χ4v) is 3.11. The van der Waals surface area contributed by atoms with Crippen LogP contribution in [0.2, 0.25) is 0 Å². The summed E-state index contributed by atoms with van der Waals surface area (Å²) >= 11 is 19.4. The van der Waals surface area contributed by atoms with Gasteiger partial charge in [-0.15, -0.1) is 0 Å². The first-order valence-electron chi connectivity index (χ1n) is 9.59. The van der Waals surface area contributed by atoms with Crippen LogP contribution in [0.25, 0.3) is 0 Å². The maximum absolute atomic E-state index is 4.85. The van der Waals surface area contributed by atoms with E-state index in [1.807, 2.05) is 36.4 Å². The molecule has 2 nitrogen and oxygen atoms in total. The van der Waals surface area contributed by atoms with Crippen molar-refractivity contribution in [2.45, 2.75) is 52.4 Å². The van der Waals surface area contributed by atoms with Crippen molar-refractivity contribution in [2.75, 3.05) is 10.6 Å². The van der Waals surface area contributed by atoms with Gasteiger partial charge in [0.25, 0.3) is 0 Å². The van der Waals surface area contributed by atoms with E-state index >= 15 is 0 Å². The van der Waals surface area contributed by atoms with E-state index in [9.17, 15) is 0 Å². The molecule has 2 N–H and O–H groups in total. The predicted molar refractivity (Wildman–Crippen MR) is 152 cm³/mol. The first kappa shape index (κ1) is 35.6. The van der Waals surface area contributed by atoms with Gasteiger partial charge in [-0.2, -0.15) is 0 Å². The molecule has 2 aromatic carbocycles. The van der Waals surface area contributed by atoms with E-state index in [4.69, 9.17) is 49.7 Å². The summed E-state index contributed by atoms with van der Waals surface area (Å²) in [6, 6.07) is 16.3. The fraction of sp³-hybridized carbons (Fsp3) is 0.364. The molecule has 9 heteroatoms. The standard InChI is InChI=1S/2C11H15NS2.Mo.2S/c2*1-2-3-6-9-7-4-5-8-10(9)12-11(13)14;;;/h2*4-5,7-8H,2-3,6H2,1H3,(H2,12,13,14);;;/q;;+6;2*-2/p-2. The molecule has 0 saturated heterocycles. The first-order chi connectivity index (χ1) is 13.5. The van der Waals surface area contributed by atoms with Crippen molar-refractivity contribution in [3.63, 3.8) is 0 Å². The Morgan fingerprint density at radius 3 is 1.32 bits per heavy atom. The van der Waals surface area contributed by atoms with E-state index in [2.05, 4.69) is 36.6 Å². The molecular weight excluding hydrogens is 581 g/mol. The van der Waals surface area contributed by atoms with Gasteiger partial charge in [0.2, 0.25) is 0 Å². The van der Waals surface area contributed by atoms with E-state index in [-0.39, 0.29) is 48.1 Å². The number of benzene rings is 2. The minimum atomic E-state index is 0. The molecule has 0 radical (unpaired) electrons. The molecule has 168 valence electrons. The Morgan fingerprint density at radius 1 is 0.710 bits per heavy atom. The Balaban J connectivity index is -0.000000461. The molecule has 0 bridgehead atoms. The van der Waals surface area contributed by atoms with Crippen molar-refractivity contribution in [1.29, 1.82) is 0 Å². The molecule has 0 spiro atoms. The van der Waals surface area contributed by atoms with Crippen molar-refractivity contribution < 1.29 is 21.1 Å². The Hall–Kier alpha value is 0.0483. The van der Waals surface area contributed by atoms with E-state index in [1.165, 1.54) is 36.8 Å². The number of hydrogen-bond acceptors (Lipinski definition) is 4. The van der Waals surface area contributed by atoms with Crippen LogP contribution < -0.4 is 10.6 Å². The van der Waals surface area contributed by atoms with Crippen LogP contribution in [0.5, 0.6) is 0 Å². The number of nitrogens with one attached hydrogen (secondary N) is 2. The van der Waals surface area contributed by atoms with Gasteiger partial charge in [-0.05, 0) is 48.9 Å². The van der Waals surface area contributed by atoms with E-state index in [0.717, 1.165) is 24.2 Å². The molecular formula is C22H28MoN2S6. The van der Waals surface area contributed by atoms with Crippen molar-refractivity contribution in [1.82, 2.24) is 0 Å². The molecule has 0 aliphatic carbocycles. The third-order valence-electron chi connectivity index (χ3n) is 4.11. The number of anilines is 2. The summed E-state index contributed by atoms with van der Waals surface area (Å²) in [6.07, 6.45) is 6.96. The second-order valence-electron chi connectivity index (χ2n) is 6.35. The van der Waals surface area contributed by atoms with Gasteiger partial charge in [-0.25, -0.2) is 0 Å². The number of unbranched alkanes of at least 4 members (excludes halogenated alkanes) is 2. The molecule has 31 heavy (non-hydrogen) atoms. The molecule has 0 heterocycles. The minimum Gasteiger partial charge on any atom is -2.00 e. The van der Waals surface area contributed by atoms with E-state index in [0.29, 0.717) is 8.64 Å². The van der Waals surface area contributed by atoms with Crippen LogP contribution in [0.1, 0.15) is 50.7 Å². The van der Waals surface area contributed by atoms with Crippen LogP contribution in [-0.4, -0.2) is 8.64 Å². The second-order valence-corrected chi connectivity index (χ2v) is 8.50. The zero-order valence-corrected chi connectivity index (χ0v) is 24.6. The summed E-state index contributed by atoms with van der Waals surface area (Å²) in [5, 5.41) is 6.06. The van der Waals surface area contributed by atoms with Crippen molar-refractivity contribution in [2.24, 2.45) is 0 Å². The van der Waals surface area contributed by atoms with Crippen molar-refractivity contribution >= 4 is 96.7 Å². The van der Waals surface area contributed by atoms with Gasteiger partial charge in [0.15, 0.2) is 0 Å². The average molecular weight is 609 g/mol. The van der Waals surface area contributed by atoms with Gasteiger partial charge in [-0.3, -0.25) is 0 Å². The SMILES string of the molecule is CCCCc1ccccc1NC(=S)[S-].CCCCc1ccccc1NC(=S)[S-].[Mo+6].[S-2].[S-2]. The summed E-state index contributed by atoms with van der Waals surface area (Å²) in [4.78, 5) is 0. The zero-order valence-electron chi connectivity index (χ0n) is 17.7. The molecule has 0 saturated carbocycles. The topological polar surface area (TPSA) is 24.1 Å². The van der Waals surface area contributed by atoms with Gasteiger partial charge in [0, 0.05) is 11.4 Å². The second kappa shape index (κ2) is 21.9. The van der Waals surface area contributed by atoms with E-state index in [1.54, 1.807) is 0 Å². The van der Waals surface area contributed by atoms with Crippen LogP contribution in [-0.2, 0) is 86.2 Å². The molecule has 0 atom stereocenters.